The lowest BCUT2D eigenvalue weighted by Crippen LogP contribution is -2.55. The minimum Gasteiger partial charge on any atom is -0.455 e. The number of fused-ring (bicyclic) bond motifs is 2. The number of nitrogens with one attached hydrogen (secondary N) is 1. The van der Waals surface area contributed by atoms with Crippen LogP contribution in [-0.4, -0.2) is 90.9 Å². The van der Waals surface area contributed by atoms with E-state index in [4.69, 9.17) is 25.8 Å². The van der Waals surface area contributed by atoms with Crippen molar-refractivity contribution in [1.29, 1.82) is 0 Å². The average Bonchev–Trinajstić information content (AvgIpc) is 3.49. The molecule has 0 saturated carbocycles. The first-order valence-electron chi connectivity index (χ1n) is 17.3. The van der Waals surface area contributed by atoms with E-state index in [0.29, 0.717) is 35.5 Å². The summed E-state index contributed by atoms with van der Waals surface area (Å²) in [7, 11) is 1.51. The summed E-state index contributed by atoms with van der Waals surface area (Å²) in [4.78, 5) is 60.2. The molecular weight excluding hydrogens is 662 g/mol. The number of benzene rings is 2. The highest BCUT2D eigenvalue weighted by atomic mass is 35.5. The summed E-state index contributed by atoms with van der Waals surface area (Å²) in [6, 6.07) is 14.3. The van der Waals surface area contributed by atoms with Crippen molar-refractivity contribution in [1.82, 2.24) is 10.2 Å². The third-order valence-corrected chi connectivity index (χ3v) is 10.3. The maximum absolute atomic E-state index is 14.7. The number of methoxy groups -OCH3 is 1. The van der Waals surface area contributed by atoms with E-state index < -0.39 is 47.7 Å². The molecule has 11 nitrogen and oxygen atoms in total. The number of halogens is 1. The minimum absolute atomic E-state index is 0.0786. The zero-order valence-corrected chi connectivity index (χ0v) is 28.9. The largest absolute Gasteiger partial charge is 0.455 e. The molecule has 7 atom stereocenters. The number of cyclic esters (lactones) is 1. The molecule has 12 heteroatoms. The highest BCUT2D eigenvalue weighted by molar-refractivity contribution is 6.30. The lowest BCUT2D eigenvalue weighted by molar-refractivity contribution is -0.162. The number of nitrogens with zero attached hydrogens (tertiary/aromatic N) is 2. The Morgan fingerprint density at radius 3 is 2.48 bits per heavy atom. The van der Waals surface area contributed by atoms with Gasteiger partial charge >= 0.3 is 5.97 Å². The minimum atomic E-state index is -1.46. The van der Waals surface area contributed by atoms with Crippen molar-refractivity contribution in [2.45, 2.75) is 68.4 Å². The Kier molecular flexibility index (Phi) is 11.4. The number of esters is 1. The third-order valence-electron chi connectivity index (χ3n) is 10.0. The molecule has 4 heterocycles. The molecule has 0 aliphatic carbocycles. The van der Waals surface area contributed by atoms with Gasteiger partial charge in [0.05, 0.1) is 24.7 Å². The second-order valence-electron chi connectivity index (χ2n) is 13.2. The zero-order chi connectivity index (χ0) is 35.3. The first-order chi connectivity index (χ1) is 24.3. The molecule has 2 aromatic rings. The predicted octanol–water partition coefficient (Wildman–Crippen LogP) is 4.14. The molecule has 4 aliphatic heterocycles. The van der Waals surface area contributed by atoms with Crippen molar-refractivity contribution in [3.05, 3.63) is 89.5 Å². The smallest absolute Gasteiger partial charge is 0.313 e. The summed E-state index contributed by atoms with van der Waals surface area (Å²) in [6.07, 6.45) is 8.64. The number of likely N-dealkylation sites (tertiary alicyclic amines) is 1. The molecule has 1 spiro atoms. The van der Waals surface area contributed by atoms with E-state index in [9.17, 15) is 24.3 Å². The number of allylic oxidation sites excluding steroid dienone is 1. The summed E-state index contributed by atoms with van der Waals surface area (Å²) in [5.74, 6) is -3.69. The van der Waals surface area contributed by atoms with Gasteiger partial charge in [-0.25, -0.2) is 0 Å². The Hall–Kier alpha value is -4.03. The van der Waals surface area contributed by atoms with Crippen molar-refractivity contribution < 1.29 is 38.5 Å². The first-order valence-corrected chi connectivity index (χ1v) is 17.7. The number of hydrogen-bond donors (Lipinski definition) is 2. The fraction of sp³-hybridized carbons (Fsp3) is 0.474. The van der Waals surface area contributed by atoms with Gasteiger partial charge in [-0.05, 0) is 49.1 Å². The average molecular weight is 706 g/mol. The van der Waals surface area contributed by atoms with Gasteiger partial charge in [0.2, 0.25) is 11.8 Å². The molecule has 2 aromatic carbocycles. The number of carbonyl (C=O) groups excluding carboxylic acids is 4. The van der Waals surface area contributed by atoms with Gasteiger partial charge in [0.15, 0.2) is 0 Å². The van der Waals surface area contributed by atoms with Crippen LogP contribution >= 0.6 is 11.6 Å². The van der Waals surface area contributed by atoms with Crippen molar-refractivity contribution >= 4 is 41.0 Å². The third kappa shape index (κ3) is 7.10. The van der Waals surface area contributed by atoms with Crippen molar-refractivity contribution in [3.8, 4) is 0 Å². The molecule has 0 aromatic heterocycles. The van der Waals surface area contributed by atoms with E-state index in [1.165, 1.54) is 7.11 Å². The number of anilines is 1. The maximum atomic E-state index is 14.7. The normalized spacial score (nSPS) is 30.4. The molecular formula is C38H44ClN3O8. The summed E-state index contributed by atoms with van der Waals surface area (Å²) < 4.78 is 18.6. The molecule has 6 rings (SSSR count). The summed E-state index contributed by atoms with van der Waals surface area (Å²) in [5.41, 5.74) is -0.179. The predicted molar refractivity (Wildman–Crippen MR) is 186 cm³/mol. The molecule has 0 bridgehead atoms. The van der Waals surface area contributed by atoms with Gasteiger partial charge in [-0.1, -0.05) is 79.1 Å². The van der Waals surface area contributed by atoms with Crippen LogP contribution in [0.2, 0.25) is 5.02 Å². The van der Waals surface area contributed by atoms with E-state index in [1.807, 2.05) is 36.4 Å². The Balaban J connectivity index is 1.41. The van der Waals surface area contributed by atoms with E-state index in [0.717, 1.165) is 12.8 Å². The first kappa shape index (κ1) is 35.8. The van der Waals surface area contributed by atoms with E-state index >= 15 is 0 Å². The van der Waals surface area contributed by atoms with Crippen LogP contribution in [0.25, 0.3) is 0 Å². The molecule has 2 N–H and O–H groups in total. The highest BCUT2D eigenvalue weighted by Crippen LogP contribution is 2.53. The lowest BCUT2D eigenvalue weighted by Gasteiger charge is -2.35. The molecule has 2 fully saturated rings. The number of aliphatic hydroxyl groups excluding tert-OH is 1. The Morgan fingerprint density at radius 1 is 0.980 bits per heavy atom. The molecule has 266 valence electrons. The Morgan fingerprint density at radius 2 is 1.74 bits per heavy atom. The SMILES string of the molecule is COC[C@@H]1NC(=O)CC/C=C\[C@@H]2O[C@@]34C=CCN(c5ccc(Cl)cc5)C(=O)[C@@H]3N(CCCCCCO)C(=O)[C@H]4[C@@H]2C(=O)O[C@H]1c1ccccc1. The lowest BCUT2D eigenvalue weighted by atomic mass is 9.77. The summed E-state index contributed by atoms with van der Waals surface area (Å²) in [5, 5.41) is 12.8. The number of carbonyl (C=O) groups is 4. The van der Waals surface area contributed by atoms with Crippen molar-refractivity contribution in [2.75, 3.05) is 38.3 Å². The molecule has 50 heavy (non-hydrogen) atoms. The van der Waals surface area contributed by atoms with Crippen LogP contribution in [0.15, 0.2) is 78.9 Å². The number of rotatable bonds is 10. The van der Waals surface area contributed by atoms with Crippen LogP contribution in [0.3, 0.4) is 0 Å². The summed E-state index contributed by atoms with van der Waals surface area (Å²) >= 11 is 6.17. The van der Waals surface area contributed by atoms with Crippen molar-refractivity contribution in [3.63, 3.8) is 0 Å². The van der Waals surface area contributed by atoms with Crippen LogP contribution in [0.1, 0.15) is 50.2 Å². The van der Waals surface area contributed by atoms with Gasteiger partial charge in [0.1, 0.15) is 23.7 Å². The topological polar surface area (TPSA) is 135 Å². The van der Waals surface area contributed by atoms with Gasteiger partial charge in [0, 0.05) is 43.9 Å². The van der Waals surface area contributed by atoms with Crippen LogP contribution in [0, 0.1) is 11.8 Å². The maximum Gasteiger partial charge on any atom is 0.313 e. The van der Waals surface area contributed by atoms with Crippen LogP contribution in [0.4, 0.5) is 5.69 Å². The van der Waals surface area contributed by atoms with Crippen LogP contribution < -0.4 is 10.2 Å². The van der Waals surface area contributed by atoms with E-state index in [2.05, 4.69) is 5.32 Å². The highest BCUT2D eigenvalue weighted by Gasteiger charge is 2.71. The Labute approximate surface area is 297 Å². The quantitative estimate of drug-likeness (QED) is 0.214. The van der Waals surface area contributed by atoms with Crippen LogP contribution in [0.5, 0.6) is 0 Å². The monoisotopic (exact) mass is 705 g/mol. The standard InChI is InChI=1S/C38H44ClN3O8/c1-48-24-28-33(25-12-5-4-6-13-25)49-37(47)31-29(14-7-8-15-30(44)40-28)50-38-20-11-22-41(27-18-16-26(39)17-19-27)36(46)34(38)42(35(45)32(31)38)21-9-2-3-10-23-43/h4-7,11-14,16-20,28-29,31-34,43H,2-3,8-10,15,21-24H2,1H3,(H,40,44)/b14-7-/t28-,29-,31+,32+,33-,34-,38+/m0/s1. The molecule has 0 unspecified atom stereocenters. The van der Waals surface area contributed by atoms with Crippen molar-refractivity contribution in [2.24, 2.45) is 11.8 Å². The van der Waals surface area contributed by atoms with Crippen LogP contribution in [-0.2, 0) is 33.4 Å². The van der Waals surface area contributed by atoms with E-state index in [1.54, 1.807) is 52.3 Å². The second kappa shape index (κ2) is 15.9. The second-order valence-corrected chi connectivity index (χ2v) is 13.6. The van der Waals surface area contributed by atoms with Gasteiger partial charge in [0.25, 0.3) is 5.91 Å². The fourth-order valence-electron chi connectivity index (χ4n) is 7.73. The molecule has 0 radical (unpaired) electrons. The number of aliphatic hydroxyl groups is 1. The number of hydrogen-bond acceptors (Lipinski definition) is 8. The molecule has 4 aliphatic rings. The number of amides is 3. The van der Waals surface area contributed by atoms with Gasteiger partial charge in [-0.15, -0.1) is 0 Å². The Bertz CT molecular complexity index is 1600. The molecule has 3 amide bonds. The number of ether oxygens (including phenoxy) is 3. The molecule has 2 saturated heterocycles. The number of unbranched alkanes of at least 4 members (excludes halogenated alkanes) is 3. The van der Waals surface area contributed by atoms with E-state index in [-0.39, 0.29) is 50.4 Å². The van der Waals surface area contributed by atoms with Gasteiger partial charge < -0.3 is 34.4 Å². The summed E-state index contributed by atoms with van der Waals surface area (Å²) in [6.45, 7) is 0.670. The fourth-order valence-corrected chi connectivity index (χ4v) is 7.86. The zero-order valence-electron chi connectivity index (χ0n) is 28.1. The van der Waals surface area contributed by atoms with Gasteiger partial charge in [-0.3, -0.25) is 19.2 Å². The van der Waals surface area contributed by atoms with Gasteiger partial charge in [-0.2, -0.15) is 0 Å².